The van der Waals surface area contributed by atoms with Crippen molar-refractivity contribution in [1.82, 2.24) is 0 Å². The Morgan fingerprint density at radius 2 is 1.66 bits per heavy atom. The van der Waals surface area contributed by atoms with Crippen LogP contribution in [0.4, 0.5) is 0 Å². The summed E-state index contributed by atoms with van der Waals surface area (Å²) in [7, 11) is 2.37. The molecule has 1 rings (SSSR count). The van der Waals surface area contributed by atoms with Gasteiger partial charge < -0.3 is 9.47 Å². The highest BCUT2D eigenvalue weighted by Crippen LogP contribution is 2.73. The van der Waals surface area contributed by atoms with Gasteiger partial charge in [0, 0.05) is 5.66 Å². The van der Waals surface area contributed by atoms with Crippen molar-refractivity contribution < 1.29 is 9.47 Å². The van der Waals surface area contributed by atoms with Gasteiger partial charge in [-0.3, -0.25) is 0 Å². The molecule has 2 atom stereocenters. The van der Waals surface area contributed by atoms with Gasteiger partial charge in [0.1, 0.15) is 5.50 Å². The van der Waals surface area contributed by atoms with Gasteiger partial charge in [0.2, 0.25) is 0 Å². The Balaban J connectivity index is 3.29. The van der Waals surface area contributed by atoms with Crippen molar-refractivity contribution >= 4 is 15.8 Å². The van der Waals surface area contributed by atoms with Gasteiger partial charge in [-0.15, -0.1) is 0 Å². The minimum absolute atomic E-state index is 0.233. The van der Waals surface area contributed by atoms with Crippen molar-refractivity contribution in [2.24, 2.45) is 0 Å². The van der Waals surface area contributed by atoms with Gasteiger partial charge in [-0.1, -0.05) is 80.9 Å². The van der Waals surface area contributed by atoms with E-state index >= 15 is 0 Å². The second-order valence-electron chi connectivity index (χ2n) is 8.98. The minimum atomic E-state index is -0.681. The lowest BCUT2D eigenvalue weighted by atomic mass is 10.0. The molecule has 161 valence electrons. The third kappa shape index (κ3) is 7.56. The van der Waals surface area contributed by atoms with Crippen molar-refractivity contribution in [1.29, 1.82) is 0 Å². The van der Waals surface area contributed by atoms with E-state index in [9.17, 15) is 0 Å². The van der Waals surface area contributed by atoms with E-state index < -0.39 is 7.92 Å². The Morgan fingerprint density at radius 1 is 1.03 bits per heavy atom. The molecule has 29 heavy (non-hydrogen) atoms. The molecule has 1 aliphatic rings. The van der Waals surface area contributed by atoms with Gasteiger partial charge in [-0.2, -0.15) is 0 Å². The molecule has 0 aromatic heterocycles. The second-order valence-corrected chi connectivity index (χ2v) is 15.1. The van der Waals surface area contributed by atoms with E-state index in [2.05, 4.69) is 86.2 Å². The Kier molecular flexibility index (Phi) is 10.7. The van der Waals surface area contributed by atoms with Crippen LogP contribution in [-0.2, 0) is 9.47 Å². The maximum absolute atomic E-state index is 5.78. The first-order chi connectivity index (χ1) is 13.5. The number of hydrogen-bond donors (Lipinski definition) is 0. The summed E-state index contributed by atoms with van der Waals surface area (Å²) < 4.78 is 10.8. The molecular formula is C25H39O2P2. The Bertz CT molecular complexity index is 579. The summed E-state index contributed by atoms with van der Waals surface area (Å²) >= 11 is 0. The summed E-state index contributed by atoms with van der Waals surface area (Å²) in [6, 6.07) is 0. The molecule has 1 unspecified atom stereocenters. The normalized spacial score (nSPS) is 20.0. The lowest BCUT2D eigenvalue weighted by Crippen LogP contribution is -2.31. The standard InChI is InChI=1S/C25H39O2P2/c1-11-15-23(27-10)28(19-13-12-18-26-9)20(2)21-16-14-17-22(21)29(24(3,4)5)25(6,7)8/h11-20H,1H2,2-10H3/b18-12-,19-13+,23-15+/t20-,28?/m1/s1. The number of methoxy groups -OCH3 is 2. The third-order valence-electron chi connectivity index (χ3n) is 4.57. The van der Waals surface area contributed by atoms with Crippen LogP contribution in [0, 0.1) is 30.8 Å². The van der Waals surface area contributed by atoms with Gasteiger partial charge >= 0.3 is 0 Å². The minimum Gasteiger partial charge on any atom is -0.504 e. The quantitative estimate of drug-likeness (QED) is 0.208. The summed E-state index contributed by atoms with van der Waals surface area (Å²) in [4.78, 5) is 0. The van der Waals surface area contributed by atoms with Crippen molar-refractivity contribution in [2.45, 2.75) is 64.4 Å². The molecule has 0 aromatic rings. The lowest BCUT2D eigenvalue weighted by molar-refractivity contribution is 0.322. The number of rotatable bonds is 9. The fourth-order valence-corrected chi connectivity index (χ4v) is 10.3. The smallest absolute Gasteiger partial charge is 0.121 e. The zero-order valence-corrected chi connectivity index (χ0v) is 21.5. The molecule has 0 N–H and O–H groups in total. The highest BCUT2D eigenvalue weighted by molar-refractivity contribution is 7.66. The van der Waals surface area contributed by atoms with Crippen LogP contribution in [0.2, 0.25) is 0 Å². The molecule has 1 saturated carbocycles. The molecule has 2 nitrogen and oxygen atoms in total. The van der Waals surface area contributed by atoms with E-state index in [4.69, 9.17) is 9.47 Å². The molecule has 0 saturated heterocycles. The van der Waals surface area contributed by atoms with Crippen LogP contribution in [0.15, 0.2) is 48.5 Å². The van der Waals surface area contributed by atoms with Gasteiger partial charge in [0.05, 0.1) is 20.5 Å². The predicted octanol–water partition coefficient (Wildman–Crippen LogP) is 8.02. The maximum Gasteiger partial charge on any atom is 0.121 e. The van der Waals surface area contributed by atoms with E-state index in [-0.39, 0.29) is 18.2 Å². The van der Waals surface area contributed by atoms with Crippen molar-refractivity contribution in [2.75, 3.05) is 14.2 Å². The first kappa shape index (κ1) is 26.5. The van der Waals surface area contributed by atoms with Gasteiger partial charge in [-0.25, -0.2) is 0 Å². The number of hydrogen-bond acceptors (Lipinski definition) is 2. The lowest BCUT2D eigenvalue weighted by Gasteiger charge is -2.48. The number of ether oxygens (including phenoxy) is 2. The fourth-order valence-electron chi connectivity index (χ4n) is 3.88. The molecule has 4 heteroatoms. The van der Waals surface area contributed by atoms with Gasteiger partial charge in [0.25, 0.3) is 0 Å². The average Bonchev–Trinajstić information content (AvgIpc) is 3.06. The van der Waals surface area contributed by atoms with E-state index in [1.807, 2.05) is 18.2 Å². The molecule has 0 aromatic carbocycles. The molecule has 1 fully saturated rings. The van der Waals surface area contributed by atoms with Gasteiger partial charge in [0.15, 0.2) is 0 Å². The van der Waals surface area contributed by atoms with E-state index in [0.29, 0.717) is 5.66 Å². The number of allylic oxidation sites excluding steroid dienone is 4. The largest absolute Gasteiger partial charge is 0.504 e. The summed E-state index contributed by atoms with van der Waals surface area (Å²) in [5, 5.41) is 0.467. The third-order valence-corrected chi connectivity index (χ3v) is 10.6. The second kappa shape index (κ2) is 11.7. The topological polar surface area (TPSA) is 18.5 Å². The van der Waals surface area contributed by atoms with Crippen LogP contribution in [0.3, 0.4) is 0 Å². The molecule has 1 aliphatic carbocycles. The maximum atomic E-state index is 5.78. The van der Waals surface area contributed by atoms with Crippen LogP contribution in [0.5, 0.6) is 0 Å². The SMILES string of the molecule is C=C/C=C(\OC)P(/C=C/C=C\OC)[C@H](C)[C]1[CH][CH][CH][C]1P(C(C)(C)C)C(C)(C)C. The summed E-state index contributed by atoms with van der Waals surface area (Å²) in [5.74, 6) is 3.70. The molecule has 0 amide bonds. The van der Waals surface area contributed by atoms with Crippen molar-refractivity contribution in [3.63, 3.8) is 0 Å². The van der Waals surface area contributed by atoms with E-state index in [0.717, 1.165) is 5.50 Å². The molecule has 0 bridgehead atoms. The summed E-state index contributed by atoms with van der Waals surface area (Å²) in [6.07, 6.45) is 16.3. The van der Waals surface area contributed by atoms with Crippen molar-refractivity contribution in [3.8, 4) is 0 Å². The average molecular weight is 434 g/mol. The zero-order chi connectivity index (χ0) is 22.2. The van der Waals surface area contributed by atoms with Crippen LogP contribution in [0.1, 0.15) is 48.5 Å². The predicted molar refractivity (Wildman–Crippen MR) is 133 cm³/mol. The molecular weight excluding hydrogens is 394 g/mol. The van der Waals surface area contributed by atoms with Crippen LogP contribution < -0.4 is 0 Å². The van der Waals surface area contributed by atoms with E-state index in [1.165, 1.54) is 11.6 Å². The summed E-state index contributed by atoms with van der Waals surface area (Å²) in [5.41, 5.74) is 2.84. The monoisotopic (exact) mass is 433 g/mol. The highest BCUT2D eigenvalue weighted by atomic mass is 31.1. The Morgan fingerprint density at radius 3 is 2.14 bits per heavy atom. The summed E-state index contributed by atoms with van der Waals surface area (Å²) in [6.45, 7) is 20.5. The molecule has 0 heterocycles. The molecule has 0 spiro atoms. The van der Waals surface area contributed by atoms with Crippen LogP contribution >= 0.6 is 15.8 Å². The fraction of sp³-hybridized carbons (Fsp3) is 0.480. The van der Waals surface area contributed by atoms with E-state index in [1.54, 1.807) is 20.5 Å². The first-order valence-corrected chi connectivity index (χ1v) is 12.9. The van der Waals surface area contributed by atoms with Crippen LogP contribution in [0.25, 0.3) is 0 Å². The van der Waals surface area contributed by atoms with Gasteiger partial charge in [-0.05, 0) is 61.2 Å². The molecule has 0 aliphatic heterocycles. The Labute approximate surface area is 183 Å². The van der Waals surface area contributed by atoms with Crippen molar-refractivity contribution in [3.05, 3.63) is 79.3 Å². The highest BCUT2D eigenvalue weighted by Gasteiger charge is 2.48. The first-order valence-electron chi connectivity index (χ1n) is 10.1. The Hall–Kier alpha value is -0.580. The molecule has 5 radical (unpaired) electrons. The van der Waals surface area contributed by atoms with Crippen LogP contribution in [-0.4, -0.2) is 30.2 Å². The zero-order valence-electron chi connectivity index (χ0n) is 19.7.